The maximum absolute atomic E-state index is 6.18. The third-order valence-electron chi connectivity index (χ3n) is 3.25. The smallest absolute Gasteiger partial charge is 0.111 e. The highest BCUT2D eigenvalue weighted by Crippen LogP contribution is 2.32. The summed E-state index contributed by atoms with van der Waals surface area (Å²) in [6.07, 6.45) is 1.93. The van der Waals surface area contributed by atoms with Crippen LogP contribution in [0.15, 0.2) is 36.5 Å². The van der Waals surface area contributed by atoms with Gasteiger partial charge < -0.3 is 10.3 Å². The van der Waals surface area contributed by atoms with Gasteiger partial charge in [0, 0.05) is 33.6 Å². The van der Waals surface area contributed by atoms with Crippen molar-refractivity contribution >= 4 is 63.0 Å². The zero-order chi connectivity index (χ0) is 15.1. The van der Waals surface area contributed by atoms with Gasteiger partial charge in [0.15, 0.2) is 0 Å². The molecule has 0 aliphatic carbocycles. The van der Waals surface area contributed by atoms with Crippen LogP contribution in [0.5, 0.6) is 0 Å². The lowest BCUT2D eigenvalue weighted by atomic mass is 10.2. The van der Waals surface area contributed by atoms with Gasteiger partial charge in [0.2, 0.25) is 0 Å². The molecule has 0 spiro atoms. The molecule has 1 aromatic heterocycles. The van der Waals surface area contributed by atoms with Gasteiger partial charge in [-0.15, -0.1) is 0 Å². The number of benzene rings is 2. The van der Waals surface area contributed by atoms with Crippen molar-refractivity contribution in [1.82, 2.24) is 4.57 Å². The van der Waals surface area contributed by atoms with Gasteiger partial charge in [-0.25, -0.2) is 0 Å². The minimum atomic E-state index is 0.486. The van der Waals surface area contributed by atoms with Crippen LogP contribution < -0.4 is 5.73 Å². The number of hydrogen-bond donors (Lipinski definition) is 1. The normalized spacial score (nSPS) is 11.2. The standard InChI is InChI=1S/C15H10Cl4N2/c16-10-1-8(2-11(17)4-10)6-21-7-9-3-13(18)14(19)5-12(9)15(21)20/h1-5,7H,6,20H2. The first-order valence-corrected chi connectivity index (χ1v) is 7.63. The SMILES string of the molecule is Nc1c2cc(Cl)c(Cl)cc2cn1Cc1cc(Cl)cc(Cl)c1. The zero-order valence-corrected chi connectivity index (χ0v) is 13.7. The average Bonchev–Trinajstić information content (AvgIpc) is 2.66. The molecule has 108 valence electrons. The van der Waals surface area contributed by atoms with Crippen molar-refractivity contribution in [2.75, 3.05) is 5.73 Å². The van der Waals surface area contributed by atoms with Crippen molar-refractivity contribution in [2.24, 2.45) is 0 Å². The van der Waals surface area contributed by atoms with Crippen LogP contribution >= 0.6 is 46.4 Å². The fraction of sp³-hybridized carbons (Fsp3) is 0.0667. The van der Waals surface area contributed by atoms with Crippen molar-refractivity contribution in [3.8, 4) is 0 Å². The van der Waals surface area contributed by atoms with Gasteiger partial charge in [-0.05, 0) is 35.9 Å². The number of anilines is 1. The molecule has 0 atom stereocenters. The Balaban J connectivity index is 2.06. The van der Waals surface area contributed by atoms with Gasteiger partial charge >= 0.3 is 0 Å². The van der Waals surface area contributed by atoms with E-state index in [1.807, 2.05) is 22.9 Å². The summed E-state index contributed by atoms with van der Waals surface area (Å²) in [4.78, 5) is 0. The third kappa shape index (κ3) is 2.95. The van der Waals surface area contributed by atoms with Crippen LogP contribution in [-0.2, 0) is 6.54 Å². The molecule has 0 unspecified atom stereocenters. The number of nitrogen functional groups attached to an aromatic ring is 1. The van der Waals surface area contributed by atoms with Gasteiger partial charge in [0.1, 0.15) is 5.82 Å². The molecule has 1 heterocycles. The van der Waals surface area contributed by atoms with E-state index in [2.05, 4.69) is 0 Å². The lowest BCUT2D eigenvalue weighted by molar-refractivity contribution is 0.821. The second-order valence-electron chi connectivity index (χ2n) is 4.77. The van der Waals surface area contributed by atoms with Gasteiger partial charge in [-0.3, -0.25) is 0 Å². The molecule has 2 aromatic carbocycles. The number of nitrogens with zero attached hydrogens (tertiary/aromatic N) is 1. The molecular weight excluding hydrogens is 350 g/mol. The van der Waals surface area contributed by atoms with E-state index in [1.165, 1.54) is 0 Å². The summed E-state index contributed by atoms with van der Waals surface area (Å²) < 4.78 is 1.92. The van der Waals surface area contributed by atoms with Gasteiger partial charge in [0.25, 0.3) is 0 Å². The van der Waals surface area contributed by atoms with Crippen LogP contribution in [0.25, 0.3) is 10.8 Å². The van der Waals surface area contributed by atoms with E-state index in [0.717, 1.165) is 16.3 Å². The number of hydrogen-bond acceptors (Lipinski definition) is 1. The molecule has 6 heteroatoms. The molecule has 0 saturated carbocycles. The van der Waals surface area contributed by atoms with Crippen LogP contribution in [0.3, 0.4) is 0 Å². The summed E-state index contributed by atoms with van der Waals surface area (Å²) in [5.74, 6) is 0.625. The molecule has 0 aliphatic heterocycles. The number of aromatic nitrogens is 1. The molecule has 3 aromatic rings. The average molecular weight is 360 g/mol. The maximum Gasteiger partial charge on any atom is 0.111 e. The molecule has 2 nitrogen and oxygen atoms in total. The Morgan fingerprint density at radius 1 is 0.857 bits per heavy atom. The van der Waals surface area contributed by atoms with E-state index in [-0.39, 0.29) is 0 Å². The molecule has 0 fully saturated rings. The fourth-order valence-electron chi connectivity index (χ4n) is 2.31. The minimum absolute atomic E-state index is 0.486. The number of halogens is 4. The van der Waals surface area contributed by atoms with E-state index in [1.54, 1.807) is 18.2 Å². The lowest BCUT2D eigenvalue weighted by Gasteiger charge is -2.07. The van der Waals surface area contributed by atoms with Crippen LogP contribution in [0.2, 0.25) is 20.1 Å². The summed E-state index contributed by atoms with van der Waals surface area (Å²) in [5, 5.41) is 4.00. The summed E-state index contributed by atoms with van der Waals surface area (Å²) in [5.41, 5.74) is 7.15. The highest BCUT2D eigenvalue weighted by Gasteiger charge is 2.10. The van der Waals surface area contributed by atoms with Gasteiger partial charge in [-0.1, -0.05) is 46.4 Å². The van der Waals surface area contributed by atoms with Gasteiger partial charge in [0.05, 0.1) is 10.0 Å². The van der Waals surface area contributed by atoms with Crippen molar-refractivity contribution in [1.29, 1.82) is 0 Å². The molecule has 0 aliphatic rings. The van der Waals surface area contributed by atoms with E-state index in [9.17, 15) is 0 Å². The summed E-state index contributed by atoms with van der Waals surface area (Å²) in [7, 11) is 0. The molecule has 0 amide bonds. The maximum atomic E-state index is 6.18. The minimum Gasteiger partial charge on any atom is -0.385 e. The Hall–Kier alpha value is -1.06. The Morgan fingerprint density at radius 3 is 2.14 bits per heavy atom. The summed E-state index contributed by atoms with van der Waals surface area (Å²) >= 11 is 24.1. The first kappa shape index (κ1) is 14.9. The Morgan fingerprint density at radius 2 is 1.48 bits per heavy atom. The topological polar surface area (TPSA) is 30.9 Å². The molecule has 21 heavy (non-hydrogen) atoms. The van der Waals surface area contributed by atoms with Crippen molar-refractivity contribution in [2.45, 2.75) is 6.54 Å². The Bertz CT molecular complexity index is 819. The largest absolute Gasteiger partial charge is 0.385 e. The van der Waals surface area contributed by atoms with E-state index >= 15 is 0 Å². The van der Waals surface area contributed by atoms with Crippen LogP contribution in [-0.4, -0.2) is 4.57 Å². The molecule has 0 bridgehead atoms. The highest BCUT2D eigenvalue weighted by molar-refractivity contribution is 6.43. The number of nitrogens with two attached hydrogens (primary N) is 1. The highest BCUT2D eigenvalue weighted by atomic mass is 35.5. The van der Waals surface area contributed by atoms with E-state index in [0.29, 0.717) is 32.5 Å². The van der Waals surface area contributed by atoms with Crippen molar-refractivity contribution < 1.29 is 0 Å². The van der Waals surface area contributed by atoms with Crippen LogP contribution in [0.4, 0.5) is 5.82 Å². The van der Waals surface area contributed by atoms with E-state index < -0.39 is 0 Å². The van der Waals surface area contributed by atoms with Crippen LogP contribution in [0, 0.1) is 0 Å². The third-order valence-corrected chi connectivity index (χ3v) is 4.41. The van der Waals surface area contributed by atoms with Gasteiger partial charge in [-0.2, -0.15) is 0 Å². The van der Waals surface area contributed by atoms with Crippen molar-refractivity contribution in [3.05, 3.63) is 62.2 Å². The predicted molar refractivity (Wildman–Crippen MR) is 91.9 cm³/mol. The fourth-order valence-corrected chi connectivity index (χ4v) is 3.22. The molecule has 0 saturated heterocycles. The lowest BCUT2D eigenvalue weighted by Crippen LogP contribution is -2.02. The second kappa shape index (κ2) is 5.62. The Kier molecular flexibility index (Phi) is 3.98. The second-order valence-corrected chi connectivity index (χ2v) is 6.46. The first-order valence-electron chi connectivity index (χ1n) is 6.12. The number of fused-ring (bicyclic) bond motifs is 1. The monoisotopic (exact) mass is 358 g/mol. The molecule has 2 N–H and O–H groups in total. The summed E-state index contributed by atoms with van der Waals surface area (Å²) in [6.45, 7) is 0.566. The quantitative estimate of drug-likeness (QED) is 0.607. The first-order chi connectivity index (χ1) is 9.94. The molecule has 0 radical (unpaired) electrons. The van der Waals surface area contributed by atoms with E-state index in [4.69, 9.17) is 52.1 Å². The predicted octanol–water partition coefficient (Wildman–Crippen LogP) is 5.89. The molecule has 3 rings (SSSR count). The molecular formula is C15H10Cl4N2. The zero-order valence-electron chi connectivity index (χ0n) is 10.7. The summed E-state index contributed by atoms with van der Waals surface area (Å²) in [6, 6.07) is 8.99. The van der Waals surface area contributed by atoms with Crippen LogP contribution in [0.1, 0.15) is 5.56 Å². The van der Waals surface area contributed by atoms with Crippen molar-refractivity contribution in [3.63, 3.8) is 0 Å². The Labute approximate surface area is 142 Å². The number of rotatable bonds is 2.